The molecule has 94 valence electrons. The lowest BCUT2D eigenvalue weighted by Crippen LogP contribution is -2.29. The number of anilines is 1. The molecule has 1 fully saturated rings. The van der Waals surface area contributed by atoms with E-state index in [1.165, 1.54) is 22.8 Å². The molecule has 1 aromatic heterocycles. The van der Waals surface area contributed by atoms with Crippen LogP contribution in [0.1, 0.15) is 19.8 Å². The zero-order valence-corrected chi connectivity index (χ0v) is 10.7. The van der Waals surface area contributed by atoms with Crippen LogP contribution in [0.25, 0.3) is 0 Å². The van der Waals surface area contributed by atoms with Crippen molar-refractivity contribution in [1.29, 1.82) is 0 Å². The van der Waals surface area contributed by atoms with Gasteiger partial charge in [-0.05, 0) is 18.4 Å². The molecule has 2 N–H and O–H groups in total. The number of aromatic nitrogens is 1. The van der Waals surface area contributed by atoms with Gasteiger partial charge < -0.3 is 5.73 Å². The molecule has 5 nitrogen and oxygen atoms in total. The molecule has 1 aromatic rings. The Morgan fingerprint density at radius 3 is 2.94 bits per heavy atom. The van der Waals surface area contributed by atoms with E-state index < -0.39 is 10.0 Å². The maximum atomic E-state index is 12.3. The summed E-state index contributed by atoms with van der Waals surface area (Å²) in [5.41, 5.74) is 5.96. The Morgan fingerprint density at radius 1 is 1.59 bits per heavy atom. The molecule has 0 bridgehead atoms. The third kappa shape index (κ3) is 2.28. The van der Waals surface area contributed by atoms with Gasteiger partial charge in [-0.15, -0.1) is 0 Å². The van der Waals surface area contributed by atoms with Gasteiger partial charge in [-0.3, -0.25) is 4.98 Å². The van der Waals surface area contributed by atoms with Crippen molar-refractivity contribution in [2.24, 2.45) is 5.92 Å². The van der Waals surface area contributed by atoms with Gasteiger partial charge in [0.1, 0.15) is 4.90 Å². The zero-order valence-electron chi connectivity index (χ0n) is 9.83. The molecule has 1 atom stereocenters. The molecule has 2 heterocycles. The van der Waals surface area contributed by atoms with E-state index >= 15 is 0 Å². The van der Waals surface area contributed by atoms with Gasteiger partial charge in [-0.2, -0.15) is 4.31 Å². The van der Waals surface area contributed by atoms with Gasteiger partial charge in [0.05, 0.1) is 5.69 Å². The fourth-order valence-electron chi connectivity index (χ4n) is 2.09. The predicted molar refractivity (Wildman–Crippen MR) is 65.8 cm³/mol. The van der Waals surface area contributed by atoms with E-state index in [0.717, 1.165) is 12.8 Å². The monoisotopic (exact) mass is 255 g/mol. The second-order valence-electron chi connectivity index (χ2n) is 4.34. The Labute approximate surface area is 102 Å². The molecule has 1 saturated heterocycles. The van der Waals surface area contributed by atoms with Crippen LogP contribution in [-0.2, 0) is 10.0 Å². The minimum Gasteiger partial charge on any atom is -0.398 e. The summed E-state index contributed by atoms with van der Waals surface area (Å²) in [6.45, 7) is 3.25. The highest BCUT2D eigenvalue weighted by Gasteiger charge is 2.32. The van der Waals surface area contributed by atoms with Crippen molar-refractivity contribution in [3.63, 3.8) is 0 Å². The van der Waals surface area contributed by atoms with Crippen molar-refractivity contribution in [3.05, 3.63) is 18.5 Å². The number of pyridine rings is 1. The van der Waals surface area contributed by atoms with Gasteiger partial charge in [0, 0.05) is 25.5 Å². The first kappa shape index (κ1) is 12.3. The van der Waals surface area contributed by atoms with E-state index in [4.69, 9.17) is 5.73 Å². The molecule has 2 rings (SSSR count). The molecule has 0 aromatic carbocycles. The highest BCUT2D eigenvalue weighted by atomic mass is 32.2. The summed E-state index contributed by atoms with van der Waals surface area (Å²) in [5.74, 6) is 0.461. The largest absolute Gasteiger partial charge is 0.398 e. The summed E-state index contributed by atoms with van der Waals surface area (Å²) in [5, 5.41) is 0. The summed E-state index contributed by atoms with van der Waals surface area (Å²) in [4.78, 5) is 3.96. The average molecular weight is 255 g/mol. The molecular weight excluding hydrogens is 238 g/mol. The van der Waals surface area contributed by atoms with Crippen molar-refractivity contribution >= 4 is 15.7 Å². The van der Waals surface area contributed by atoms with Crippen LogP contribution >= 0.6 is 0 Å². The van der Waals surface area contributed by atoms with Crippen molar-refractivity contribution in [2.75, 3.05) is 18.8 Å². The maximum absolute atomic E-state index is 12.3. The van der Waals surface area contributed by atoms with Crippen molar-refractivity contribution in [1.82, 2.24) is 9.29 Å². The van der Waals surface area contributed by atoms with Gasteiger partial charge >= 0.3 is 0 Å². The molecule has 0 saturated carbocycles. The second kappa shape index (κ2) is 4.62. The lowest BCUT2D eigenvalue weighted by Gasteiger charge is -2.17. The fraction of sp³-hybridized carbons (Fsp3) is 0.545. The first-order chi connectivity index (χ1) is 8.05. The predicted octanol–water partition coefficient (Wildman–Crippen LogP) is 1.08. The number of sulfonamides is 1. The molecule has 1 unspecified atom stereocenters. The van der Waals surface area contributed by atoms with E-state index in [1.54, 1.807) is 0 Å². The normalized spacial score (nSPS) is 21.8. The highest BCUT2D eigenvalue weighted by Crippen LogP contribution is 2.27. The van der Waals surface area contributed by atoms with Crippen LogP contribution in [0.3, 0.4) is 0 Å². The minimum atomic E-state index is -3.47. The summed E-state index contributed by atoms with van der Waals surface area (Å²) in [7, 11) is -3.47. The highest BCUT2D eigenvalue weighted by molar-refractivity contribution is 7.89. The Bertz CT molecular complexity index is 501. The zero-order chi connectivity index (χ0) is 12.5. The standard InChI is InChI=1S/C11H17N3O2S/c1-2-9-4-6-14(8-9)17(15,16)11-7-13-5-3-10(11)12/h3,5,7,9H,2,4,6,8H2,1H3,(H2,12,13). The second-order valence-corrected chi connectivity index (χ2v) is 6.25. The molecule has 0 radical (unpaired) electrons. The average Bonchev–Trinajstić information content (AvgIpc) is 2.78. The lowest BCUT2D eigenvalue weighted by molar-refractivity contribution is 0.453. The summed E-state index contributed by atoms with van der Waals surface area (Å²) >= 11 is 0. The van der Waals surface area contributed by atoms with Gasteiger partial charge in [-0.1, -0.05) is 13.3 Å². The number of hydrogen-bond donors (Lipinski definition) is 1. The minimum absolute atomic E-state index is 0.122. The van der Waals surface area contributed by atoms with Crippen LogP contribution in [0.4, 0.5) is 5.69 Å². The molecule has 6 heteroatoms. The smallest absolute Gasteiger partial charge is 0.246 e. The molecule has 0 aliphatic carbocycles. The van der Waals surface area contributed by atoms with Crippen LogP contribution in [-0.4, -0.2) is 30.8 Å². The summed E-state index contributed by atoms with van der Waals surface area (Å²) in [6, 6.07) is 1.51. The first-order valence-corrected chi connectivity index (χ1v) is 7.19. The van der Waals surface area contributed by atoms with Gasteiger partial charge in [-0.25, -0.2) is 8.42 Å². The topological polar surface area (TPSA) is 76.3 Å². The van der Waals surface area contributed by atoms with Crippen LogP contribution < -0.4 is 5.73 Å². The Balaban J connectivity index is 2.29. The van der Waals surface area contributed by atoms with Crippen LogP contribution in [0.2, 0.25) is 0 Å². The molecule has 0 amide bonds. The maximum Gasteiger partial charge on any atom is 0.246 e. The number of nitrogens with two attached hydrogens (primary N) is 1. The molecule has 1 aliphatic rings. The van der Waals surface area contributed by atoms with E-state index in [1.807, 2.05) is 0 Å². The number of nitrogen functional groups attached to an aromatic ring is 1. The van der Waals surface area contributed by atoms with Crippen LogP contribution in [0, 0.1) is 5.92 Å². The van der Waals surface area contributed by atoms with Crippen molar-refractivity contribution in [2.45, 2.75) is 24.7 Å². The van der Waals surface area contributed by atoms with Gasteiger partial charge in [0.25, 0.3) is 0 Å². The molecule has 0 spiro atoms. The Kier molecular flexibility index (Phi) is 3.35. The van der Waals surface area contributed by atoms with Gasteiger partial charge in [0.15, 0.2) is 0 Å². The van der Waals surface area contributed by atoms with E-state index in [2.05, 4.69) is 11.9 Å². The van der Waals surface area contributed by atoms with Gasteiger partial charge in [0.2, 0.25) is 10.0 Å². The third-order valence-corrected chi connectivity index (χ3v) is 5.17. The van der Waals surface area contributed by atoms with E-state index in [-0.39, 0.29) is 10.6 Å². The number of hydrogen-bond acceptors (Lipinski definition) is 4. The summed E-state index contributed by atoms with van der Waals surface area (Å²) < 4.78 is 26.2. The summed E-state index contributed by atoms with van der Waals surface area (Å²) in [6.07, 6.45) is 4.75. The molecule has 1 aliphatic heterocycles. The fourth-order valence-corrected chi connectivity index (χ4v) is 3.68. The number of nitrogens with zero attached hydrogens (tertiary/aromatic N) is 2. The quantitative estimate of drug-likeness (QED) is 0.877. The van der Waals surface area contributed by atoms with Crippen LogP contribution in [0.15, 0.2) is 23.4 Å². The lowest BCUT2D eigenvalue weighted by atomic mass is 10.1. The van der Waals surface area contributed by atoms with Crippen molar-refractivity contribution in [3.8, 4) is 0 Å². The molecule has 17 heavy (non-hydrogen) atoms. The van der Waals surface area contributed by atoms with Crippen LogP contribution in [0.5, 0.6) is 0 Å². The first-order valence-electron chi connectivity index (χ1n) is 5.75. The Hall–Kier alpha value is -1.14. The number of rotatable bonds is 3. The third-order valence-electron chi connectivity index (χ3n) is 3.26. The molecular formula is C11H17N3O2S. The SMILES string of the molecule is CCC1CCN(S(=O)(=O)c2cnccc2N)C1. The van der Waals surface area contributed by atoms with Crippen molar-refractivity contribution < 1.29 is 8.42 Å². The van der Waals surface area contributed by atoms with E-state index in [0.29, 0.717) is 19.0 Å². The van der Waals surface area contributed by atoms with E-state index in [9.17, 15) is 8.42 Å². The Morgan fingerprint density at radius 2 is 2.35 bits per heavy atom.